The van der Waals surface area contributed by atoms with E-state index in [-0.39, 0.29) is 61.7 Å². The van der Waals surface area contributed by atoms with Crippen molar-refractivity contribution in [1.82, 2.24) is 15.1 Å². The topological polar surface area (TPSA) is 166 Å². The van der Waals surface area contributed by atoms with Gasteiger partial charge in [0.25, 0.3) is 0 Å². The largest absolute Gasteiger partial charge is 0.488 e. The quantitative estimate of drug-likeness (QED) is 0.163. The molecular formula is C34H50N6O6. The molecule has 0 fully saturated rings. The second-order valence-electron chi connectivity index (χ2n) is 12.4. The fourth-order valence-corrected chi connectivity index (χ4v) is 5.23. The molecule has 0 spiro atoms. The van der Waals surface area contributed by atoms with Crippen molar-refractivity contribution in [1.29, 1.82) is 0 Å². The van der Waals surface area contributed by atoms with Crippen molar-refractivity contribution in [3.05, 3.63) is 48.0 Å². The number of para-hydroxylation sites is 2. The summed E-state index contributed by atoms with van der Waals surface area (Å²) in [7, 11) is 1.70. The van der Waals surface area contributed by atoms with Crippen LogP contribution >= 0.6 is 0 Å². The molecule has 46 heavy (non-hydrogen) atoms. The van der Waals surface area contributed by atoms with Gasteiger partial charge in [0.05, 0.1) is 37.0 Å². The van der Waals surface area contributed by atoms with Crippen molar-refractivity contribution >= 4 is 40.8 Å². The van der Waals surface area contributed by atoms with Crippen LogP contribution in [0.1, 0.15) is 65.4 Å². The van der Waals surface area contributed by atoms with Crippen LogP contribution in [-0.2, 0) is 20.8 Å². The number of aliphatic hydroxyl groups is 1. The maximum absolute atomic E-state index is 13.5. The monoisotopic (exact) mass is 638 g/mol. The standard InChI is InChI=1S/C34H50N6O6/c1-22(2)36-34(45)39(5)20-30-23(3)19-40(24(4)21-41)33(44)18-25-17-26(15-16-29(25)46-30)37-31(42)13-7-6-8-14-32(43)38-28-12-10-9-11-27(28)35/h9-12,15-17,22-24,30,41H,6-8,13-14,18-21,35H2,1-5H3,(H,36,45)(H,37,42)(H,38,43)/t23-,24-,30+/m1/s1. The maximum Gasteiger partial charge on any atom is 0.317 e. The number of fused-ring (bicyclic) bond motifs is 1. The molecule has 2 aromatic rings. The molecule has 3 atom stereocenters. The number of anilines is 3. The molecule has 0 bridgehead atoms. The number of likely N-dealkylation sites (N-methyl/N-ethyl adjacent to an activating group) is 1. The Kier molecular flexibility index (Phi) is 13.7. The third-order valence-electron chi connectivity index (χ3n) is 7.96. The van der Waals surface area contributed by atoms with Crippen molar-refractivity contribution < 1.29 is 29.0 Å². The minimum Gasteiger partial charge on any atom is -0.488 e. The summed E-state index contributed by atoms with van der Waals surface area (Å²) < 4.78 is 6.46. The molecule has 1 heterocycles. The first-order valence-electron chi connectivity index (χ1n) is 16.0. The van der Waals surface area contributed by atoms with Gasteiger partial charge in [-0.25, -0.2) is 4.79 Å². The molecule has 0 saturated heterocycles. The highest BCUT2D eigenvalue weighted by atomic mass is 16.5. The van der Waals surface area contributed by atoms with Crippen molar-refractivity contribution in [2.75, 3.05) is 43.1 Å². The molecule has 1 aliphatic rings. The van der Waals surface area contributed by atoms with Crippen LogP contribution in [0, 0.1) is 5.92 Å². The average molecular weight is 639 g/mol. The van der Waals surface area contributed by atoms with E-state index in [1.165, 1.54) is 0 Å². The number of rotatable bonds is 13. The number of nitrogens with zero attached hydrogens (tertiary/aromatic N) is 2. The fraction of sp³-hybridized carbons (Fsp3) is 0.529. The third kappa shape index (κ3) is 10.9. The van der Waals surface area contributed by atoms with Crippen molar-refractivity contribution in [2.24, 2.45) is 5.92 Å². The van der Waals surface area contributed by atoms with Gasteiger partial charge in [-0.15, -0.1) is 0 Å². The highest BCUT2D eigenvalue weighted by Crippen LogP contribution is 2.29. The van der Waals surface area contributed by atoms with E-state index in [9.17, 15) is 24.3 Å². The van der Waals surface area contributed by atoms with Crippen LogP contribution in [0.3, 0.4) is 0 Å². The molecule has 0 aromatic heterocycles. The SMILES string of the molecule is CC(C)NC(=O)N(C)C[C@@H]1Oc2ccc(NC(=O)CCCCCC(=O)Nc3ccccc3N)cc2CC(=O)N([C@H](C)CO)C[C@H]1C. The number of hydrogen-bond acceptors (Lipinski definition) is 7. The van der Waals surface area contributed by atoms with Crippen molar-refractivity contribution in [3.8, 4) is 5.75 Å². The molecule has 5 amide bonds. The first-order chi connectivity index (χ1) is 21.9. The van der Waals surface area contributed by atoms with Crippen LogP contribution in [-0.4, -0.2) is 83.6 Å². The molecule has 3 rings (SSSR count). The predicted octanol–water partition coefficient (Wildman–Crippen LogP) is 4.00. The van der Waals surface area contributed by atoms with Gasteiger partial charge in [-0.1, -0.05) is 25.5 Å². The molecule has 0 unspecified atom stereocenters. The second-order valence-corrected chi connectivity index (χ2v) is 12.4. The number of aliphatic hydroxyl groups excluding tert-OH is 1. The zero-order valence-electron chi connectivity index (χ0n) is 27.7. The van der Waals surface area contributed by atoms with Crippen molar-refractivity contribution in [2.45, 2.75) is 84.4 Å². The van der Waals surface area contributed by atoms with Crippen LogP contribution < -0.4 is 26.4 Å². The second kappa shape index (κ2) is 17.4. The first kappa shape index (κ1) is 36.2. The maximum atomic E-state index is 13.5. The Morgan fingerprint density at radius 3 is 2.37 bits per heavy atom. The van der Waals surface area contributed by atoms with E-state index in [1.807, 2.05) is 26.8 Å². The van der Waals surface area contributed by atoms with Crippen LogP contribution in [0.5, 0.6) is 5.75 Å². The summed E-state index contributed by atoms with van der Waals surface area (Å²) in [6.45, 7) is 8.00. The van der Waals surface area contributed by atoms with E-state index in [2.05, 4.69) is 16.0 Å². The lowest BCUT2D eigenvalue weighted by Gasteiger charge is -2.34. The van der Waals surface area contributed by atoms with Crippen LogP contribution in [0.25, 0.3) is 0 Å². The highest BCUT2D eigenvalue weighted by molar-refractivity contribution is 5.94. The predicted molar refractivity (Wildman–Crippen MR) is 179 cm³/mol. The highest BCUT2D eigenvalue weighted by Gasteiger charge is 2.32. The number of urea groups is 1. The summed E-state index contributed by atoms with van der Waals surface area (Å²) in [5, 5.41) is 18.5. The molecule has 12 nitrogen and oxygen atoms in total. The zero-order valence-corrected chi connectivity index (χ0v) is 27.7. The summed E-state index contributed by atoms with van der Waals surface area (Å²) in [5.41, 5.74) is 8.13. The minimum absolute atomic E-state index is 0.0200. The smallest absolute Gasteiger partial charge is 0.317 e. The Balaban J connectivity index is 1.62. The molecule has 252 valence electrons. The molecular weight excluding hydrogens is 588 g/mol. The van der Waals surface area contributed by atoms with E-state index in [1.54, 1.807) is 60.2 Å². The van der Waals surface area contributed by atoms with Gasteiger partial charge in [0.2, 0.25) is 17.7 Å². The van der Waals surface area contributed by atoms with E-state index < -0.39 is 12.1 Å². The summed E-state index contributed by atoms with van der Waals surface area (Å²) in [5.74, 6) is -0.0939. The summed E-state index contributed by atoms with van der Waals surface area (Å²) in [6, 6.07) is 11.7. The molecule has 2 aromatic carbocycles. The zero-order chi connectivity index (χ0) is 33.8. The summed E-state index contributed by atoms with van der Waals surface area (Å²) in [4.78, 5) is 54.3. The molecule has 0 aliphatic carbocycles. The number of nitrogens with one attached hydrogen (secondary N) is 3. The van der Waals surface area contributed by atoms with Crippen LogP contribution in [0.4, 0.5) is 21.9 Å². The number of unbranched alkanes of at least 4 members (excludes halogenated alkanes) is 2. The molecule has 0 saturated carbocycles. The van der Waals surface area contributed by atoms with Crippen LogP contribution in [0.15, 0.2) is 42.5 Å². The molecule has 6 N–H and O–H groups in total. The van der Waals surface area contributed by atoms with Gasteiger partial charge < -0.3 is 41.3 Å². The van der Waals surface area contributed by atoms with Crippen molar-refractivity contribution in [3.63, 3.8) is 0 Å². The number of carbonyl (C=O) groups excluding carboxylic acids is 4. The Morgan fingerprint density at radius 2 is 1.72 bits per heavy atom. The van der Waals surface area contributed by atoms with Gasteiger partial charge in [-0.3, -0.25) is 14.4 Å². The fourth-order valence-electron chi connectivity index (χ4n) is 5.23. The Labute approximate surface area is 272 Å². The lowest BCUT2D eigenvalue weighted by atomic mass is 10.0. The number of benzene rings is 2. The lowest BCUT2D eigenvalue weighted by molar-refractivity contribution is -0.134. The average Bonchev–Trinajstić information content (AvgIpc) is 3.04. The number of nitrogens with two attached hydrogens (primary N) is 1. The number of nitrogen functional groups attached to an aromatic ring is 1. The third-order valence-corrected chi connectivity index (χ3v) is 7.96. The minimum atomic E-state index is -0.437. The first-order valence-corrected chi connectivity index (χ1v) is 16.0. The van der Waals surface area contributed by atoms with Gasteiger partial charge in [0.15, 0.2) is 0 Å². The lowest BCUT2D eigenvalue weighted by Crippen LogP contribution is -2.49. The molecule has 0 radical (unpaired) electrons. The van der Waals surface area contributed by atoms with E-state index in [0.29, 0.717) is 60.6 Å². The van der Waals surface area contributed by atoms with Gasteiger partial charge in [0, 0.05) is 49.6 Å². The summed E-state index contributed by atoms with van der Waals surface area (Å²) in [6.07, 6.45) is 2.17. The summed E-state index contributed by atoms with van der Waals surface area (Å²) >= 11 is 0. The van der Waals surface area contributed by atoms with E-state index in [4.69, 9.17) is 10.5 Å². The van der Waals surface area contributed by atoms with E-state index in [0.717, 1.165) is 0 Å². The molecule has 1 aliphatic heterocycles. The Morgan fingerprint density at radius 1 is 1.04 bits per heavy atom. The Hall–Kier alpha value is -4.32. The number of carbonyl (C=O) groups is 4. The molecule has 12 heteroatoms. The number of ether oxygens (including phenoxy) is 1. The van der Waals surface area contributed by atoms with Gasteiger partial charge >= 0.3 is 6.03 Å². The Bertz CT molecular complexity index is 1350. The van der Waals surface area contributed by atoms with Gasteiger partial charge in [-0.2, -0.15) is 0 Å². The normalized spacial score (nSPS) is 17.1. The number of amides is 5. The van der Waals surface area contributed by atoms with Gasteiger partial charge in [-0.05, 0) is 63.9 Å². The number of hydrogen-bond donors (Lipinski definition) is 5. The van der Waals surface area contributed by atoms with Crippen LogP contribution in [0.2, 0.25) is 0 Å². The van der Waals surface area contributed by atoms with Gasteiger partial charge in [0.1, 0.15) is 11.9 Å². The van der Waals surface area contributed by atoms with E-state index >= 15 is 0 Å².